The van der Waals surface area contributed by atoms with Crippen molar-refractivity contribution in [1.82, 2.24) is 0 Å². The zero-order chi connectivity index (χ0) is 31.0. The molecule has 0 saturated carbocycles. The Hall–Kier alpha value is -2.91. The first-order valence-corrected chi connectivity index (χ1v) is 14.0. The summed E-state index contributed by atoms with van der Waals surface area (Å²) in [5.41, 5.74) is 5.70. The van der Waals surface area contributed by atoms with Crippen molar-refractivity contribution in [2.24, 2.45) is 10.2 Å². The number of hydrazone groups is 2. The molecule has 0 bridgehead atoms. The first-order chi connectivity index (χ1) is 21.2. The van der Waals surface area contributed by atoms with Gasteiger partial charge in [-0.15, -0.1) is 0 Å². The number of rotatable bonds is 10. The van der Waals surface area contributed by atoms with Gasteiger partial charge in [-0.2, -0.15) is 10.2 Å². The monoisotopic (exact) mass is 1060 g/mol. The minimum absolute atomic E-state index is 0. The number of hydrogen-bond donors (Lipinski definition) is 0. The van der Waals surface area contributed by atoms with Crippen LogP contribution in [0.15, 0.2) is 120 Å². The standard InChI is InChI=1S/C32H29N5OS.2C2H3.2U/c1-3-36(27-11-7-5-8-12-27)33-23-25-15-17-29-31(21-25)38-32-22-26(16-18-30(32)35(29)19-20-39)24-34-37(4-2)28-13-9-6-10-14-28;2*1-2;;/h5-18,20-24H,1-4,19H2;2*1H,2H2;;/q-2;2*-1;2*+2/b33-23+,34-24+;;;;. The third-order valence-electron chi connectivity index (χ3n) is 6.25. The Balaban J connectivity index is 0.00000162. The molecule has 4 aromatic carbocycles. The third kappa shape index (κ3) is 10.8. The summed E-state index contributed by atoms with van der Waals surface area (Å²) in [6.45, 7) is 23.6. The Morgan fingerprint density at radius 1 is 0.689 bits per heavy atom. The van der Waals surface area contributed by atoms with Crippen LogP contribution < -0.4 is 19.7 Å². The van der Waals surface area contributed by atoms with Crippen LogP contribution in [-0.2, 0) is 0 Å². The molecular formula is C36H35N5OSU2. The maximum Gasteiger partial charge on any atom is 2.00 e. The van der Waals surface area contributed by atoms with E-state index in [0.717, 1.165) is 45.4 Å². The Labute approximate surface area is 321 Å². The summed E-state index contributed by atoms with van der Waals surface area (Å²) < 4.78 is 6.41. The van der Waals surface area contributed by atoms with Crippen LogP contribution in [0.4, 0.5) is 22.7 Å². The summed E-state index contributed by atoms with van der Waals surface area (Å²) in [6, 6.07) is 32.1. The normalized spacial score (nSPS) is 10.8. The van der Waals surface area contributed by atoms with Gasteiger partial charge < -0.3 is 36.6 Å². The SMILES string of the molecule is [CH-]=C.[CH-]=C.[CH2-]CN(/N=C/c1ccc2c(c1)Oc1cc(/C=N/N(C[CH2-])c3ccccc3)ccc1N2CC=S)c1ccccc1.[U+2].[U+2]. The number of benzene rings is 4. The number of fused-ring (bicyclic) bond motifs is 2. The van der Waals surface area contributed by atoms with E-state index in [2.05, 4.69) is 55.3 Å². The van der Waals surface area contributed by atoms with Crippen LogP contribution in [0.25, 0.3) is 0 Å². The van der Waals surface area contributed by atoms with Crippen molar-refractivity contribution < 1.29 is 67.0 Å². The Morgan fingerprint density at radius 3 is 1.44 bits per heavy atom. The predicted molar refractivity (Wildman–Crippen MR) is 187 cm³/mol. The minimum atomic E-state index is 0. The molecule has 0 spiro atoms. The van der Waals surface area contributed by atoms with Crippen LogP contribution in [0.1, 0.15) is 11.1 Å². The predicted octanol–water partition coefficient (Wildman–Crippen LogP) is 8.49. The largest absolute Gasteiger partial charge is 2.00 e. The fourth-order valence-corrected chi connectivity index (χ4v) is 4.48. The van der Waals surface area contributed by atoms with Gasteiger partial charge in [-0.05, 0) is 65.0 Å². The molecule has 0 saturated heterocycles. The van der Waals surface area contributed by atoms with Gasteiger partial charge in [0.2, 0.25) is 0 Å². The molecule has 0 radical (unpaired) electrons. The molecule has 0 atom stereocenters. The number of para-hydroxylation sites is 2. The zero-order valence-electron chi connectivity index (χ0n) is 25.1. The van der Waals surface area contributed by atoms with E-state index in [-0.39, 0.29) is 62.2 Å². The summed E-state index contributed by atoms with van der Waals surface area (Å²) in [5.74, 6) is 1.48. The van der Waals surface area contributed by atoms with Gasteiger partial charge in [0.1, 0.15) is 0 Å². The molecule has 0 unspecified atom stereocenters. The second-order valence-electron chi connectivity index (χ2n) is 8.74. The summed E-state index contributed by atoms with van der Waals surface area (Å²) in [4.78, 5) is 2.15. The fraction of sp³-hybridized carbons (Fsp3) is 0.0833. The quantitative estimate of drug-likeness (QED) is 0.0691. The van der Waals surface area contributed by atoms with Crippen LogP contribution >= 0.6 is 12.2 Å². The number of ether oxygens (including phenoxy) is 1. The van der Waals surface area contributed by atoms with Crippen LogP contribution in [-0.4, -0.2) is 37.4 Å². The topological polar surface area (TPSA) is 43.7 Å². The number of thiocarbonyl (C=S) groups is 1. The van der Waals surface area contributed by atoms with Gasteiger partial charge >= 0.3 is 62.2 Å². The molecule has 0 amide bonds. The van der Waals surface area contributed by atoms with Crippen molar-refractivity contribution in [2.75, 3.05) is 34.6 Å². The summed E-state index contributed by atoms with van der Waals surface area (Å²) in [6.07, 6.45) is 3.64. The van der Waals surface area contributed by atoms with Gasteiger partial charge in [-0.3, -0.25) is 23.2 Å². The molecule has 0 N–H and O–H groups in total. The summed E-state index contributed by atoms with van der Waals surface area (Å²) in [7, 11) is 0. The molecule has 224 valence electrons. The molecule has 6 nitrogen and oxygen atoms in total. The van der Waals surface area contributed by atoms with E-state index >= 15 is 0 Å². The van der Waals surface area contributed by atoms with Crippen molar-refractivity contribution in [2.45, 2.75) is 0 Å². The number of anilines is 4. The molecule has 0 aromatic heterocycles. The van der Waals surface area contributed by atoms with Crippen molar-refractivity contribution in [3.63, 3.8) is 0 Å². The van der Waals surface area contributed by atoms with Crippen LogP contribution in [0.2, 0.25) is 0 Å². The summed E-state index contributed by atoms with van der Waals surface area (Å²) in [5, 5.41) is 14.7. The maximum absolute atomic E-state index is 6.41. The van der Waals surface area contributed by atoms with E-state index in [4.69, 9.17) is 17.0 Å². The third-order valence-corrected chi connectivity index (χ3v) is 6.40. The average Bonchev–Trinajstić information content (AvgIpc) is 3.08. The molecule has 45 heavy (non-hydrogen) atoms. The second kappa shape index (κ2) is 21.8. The van der Waals surface area contributed by atoms with Gasteiger partial charge in [0, 0.05) is 0 Å². The van der Waals surface area contributed by atoms with E-state index in [0.29, 0.717) is 19.6 Å². The van der Waals surface area contributed by atoms with Gasteiger partial charge in [0.25, 0.3) is 0 Å². The van der Waals surface area contributed by atoms with Crippen molar-refractivity contribution in [3.05, 3.63) is 148 Å². The summed E-state index contributed by atoms with van der Waals surface area (Å²) >= 11 is 5.23. The molecule has 1 aliphatic heterocycles. The first kappa shape index (κ1) is 40.1. The molecule has 1 aliphatic rings. The van der Waals surface area contributed by atoms with Crippen molar-refractivity contribution in [3.8, 4) is 11.5 Å². The Bertz CT molecular complexity index is 1410. The molecule has 4 aromatic rings. The first-order valence-electron chi connectivity index (χ1n) is 13.5. The fourth-order valence-electron chi connectivity index (χ4n) is 4.33. The van der Waals surface area contributed by atoms with E-state index in [1.807, 2.05) is 120 Å². The second-order valence-corrected chi connectivity index (χ2v) is 9.07. The smallest absolute Gasteiger partial charge is 0.521 e. The van der Waals surface area contributed by atoms with Gasteiger partial charge in [-0.25, -0.2) is 0 Å². The maximum atomic E-state index is 6.41. The van der Waals surface area contributed by atoms with Crippen molar-refractivity contribution in [1.29, 1.82) is 0 Å². The number of hydrogen-bond acceptors (Lipinski definition) is 7. The average molecular weight is 1060 g/mol. The van der Waals surface area contributed by atoms with Crippen LogP contribution in [0, 0.1) is 89.2 Å². The van der Waals surface area contributed by atoms with Crippen LogP contribution in [0.5, 0.6) is 11.5 Å². The number of nitrogens with zero attached hydrogens (tertiary/aromatic N) is 5. The zero-order valence-corrected chi connectivity index (χ0v) is 34.3. The van der Waals surface area contributed by atoms with Crippen LogP contribution in [0.3, 0.4) is 0 Å². The molecule has 0 fully saturated rings. The molecular weight excluding hydrogens is 1030 g/mol. The van der Waals surface area contributed by atoms with E-state index < -0.39 is 0 Å². The van der Waals surface area contributed by atoms with Gasteiger partial charge in [0.05, 0.1) is 41.7 Å². The molecule has 0 aliphatic carbocycles. The Kier molecular flexibility index (Phi) is 19.4. The molecule has 9 heteroatoms. The van der Waals surface area contributed by atoms with Crippen molar-refractivity contribution >= 4 is 52.8 Å². The molecule has 1 heterocycles. The Morgan fingerprint density at radius 2 is 1.09 bits per heavy atom. The van der Waals surface area contributed by atoms with Gasteiger partial charge in [0.15, 0.2) is 11.5 Å². The van der Waals surface area contributed by atoms with Gasteiger partial charge in [-0.1, -0.05) is 73.8 Å². The minimum Gasteiger partial charge on any atom is -0.521 e. The molecule has 5 rings (SSSR count). The van der Waals surface area contributed by atoms with E-state index in [9.17, 15) is 0 Å². The van der Waals surface area contributed by atoms with E-state index in [1.165, 1.54) is 0 Å². The van der Waals surface area contributed by atoms with E-state index in [1.54, 1.807) is 5.37 Å².